The smallest absolute Gasteiger partial charge is 0.328 e. The Morgan fingerprint density at radius 3 is 2.25 bits per heavy atom. The van der Waals surface area contributed by atoms with E-state index in [0.717, 1.165) is 19.4 Å². The van der Waals surface area contributed by atoms with Crippen LogP contribution in [0, 0.1) is 0 Å². The van der Waals surface area contributed by atoms with Crippen LogP contribution >= 0.6 is 0 Å². The number of hydrogen-bond acceptors (Lipinski definition) is 4. The molecule has 0 amide bonds. The van der Waals surface area contributed by atoms with Crippen LogP contribution in [-0.2, 0) is 16.0 Å². The highest BCUT2D eigenvalue weighted by molar-refractivity contribution is 5.89. The summed E-state index contributed by atoms with van der Waals surface area (Å²) in [6.45, 7) is 1.11. The normalized spacial score (nSPS) is 20.1. The summed E-state index contributed by atoms with van der Waals surface area (Å²) in [6.07, 6.45) is 4.45. The summed E-state index contributed by atoms with van der Waals surface area (Å²) >= 11 is 0. The van der Waals surface area contributed by atoms with Crippen molar-refractivity contribution in [1.29, 1.82) is 0 Å². The molecule has 1 fully saturated rings. The van der Waals surface area contributed by atoms with Crippen LogP contribution in [0.25, 0.3) is 0 Å². The van der Waals surface area contributed by atoms with E-state index in [1.807, 2.05) is 0 Å². The third kappa shape index (κ3) is 4.40. The average molecular weight is 380 g/mol. The van der Waals surface area contributed by atoms with Crippen LogP contribution in [0.3, 0.4) is 0 Å². The zero-order chi connectivity index (χ0) is 20.1. The molecule has 6 nitrogen and oxygen atoms in total. The lowest BCUT2D eigenvalue weighted by Crippen LogP contribution is -2.46. The molecule has 0 saturated carbocycles. The predicted molar refractivity (Wildman–Crippen MR) is 107 cm³/mol. The molecule has 1 saturated heterocycles. The van der Waals surface area contributed by atoms with Gasteiger partial charge in [-0.25, -0.2) is 9.59 Å². The largest absolute Gasteiger partial charge is 0.478 e. The molecule has 2 atom stereocenters. The van der Waals surface area contributed by atoms with Crippen molar-refractivity contribution >= 4 is 17.6 Å². The van der Waals surface area contributed by atoms with E-state index in [2.05, 4.69) is 53.4 Å². The van der Waals surface area contributed by atoms with Crippen molar-refractivity contribution in [1.82, 2.24) is 0 Å². The van der Waals surface area contributed by atoms with Gasteiger partial charge in [0.05, 0.1) is 6.04 Å². The van der Waals surface area contributed by atoms with Gasteiger partial charge >= 0.3 is 11.9 Å². The standard InChI is InChI=1S/C18H20N2.C4H4O4/c19-16-9-5-11-20-17-10-4-2-7-14(17)12-13-6-1-3-8-15(13)18(16)20;5-3(6)1-2-4(7)8/h1-4,6-8,10,16,18H,5,9,11-12,19H2;1-2H,(H,5,6)(H,7,8)/b;2-1-/t16-,18-;/m0./s1. The van der Waals surface area contributed by atoms with Gasteiger partial charge in [-0.2, -0.15) is 0 Å². The minimum atomic E-state index is -1.26. The maximum atomic E-state index is 9.55. The molecular weight excluding hydrogens is 356 g/mol. The Labute approximate surface area is 163 Å². The molecule has 2 aliphatic heterocycles. The number of nitrogens with two attached hydrogens (primary N) is 1. The minimum Gasteiger partial charge on any atom is -0.478 e. The number of carboxylic acids is 2. The molecule has 6 heteroatoms. The quantitative estimate of drug-likeness (QED) is 0.692. The molecule has 0 spiro atoms. The summed E-state index contributed by atoms with van der Waals surface area (Å²) in [5.41, 5.74) is 12.2. The first-order valence-electron chi connectivity index (χ1n) is 9.29. The lowest BCUT2D eigenvalue weighted by molar-refractivity contribution is -0.134. The fourth-order valence-corrected chi connectivity index (χ4v) is 3.97. The second-order valence-corrected chi connectivity index (χ2v) is 6.96. The Kier molecular flexibility index (Phi) is 6.11. The second-order valence-electron chi connectivity index (χ2n) is 6.96. The molecule has 4 N–H and O–H groups in total. The van der Waals surface area contributed by atoms with E-state index >= 15 is 0 Å². The van der Waals surface area contributed by atoms with Crippen LogP contribution in [0.1, 0.15) is 35.6 Å². The number of piperidine rings is 1. The second kappa shape index (κ2) is 8.71. The number of rotatable bonds is 2. The number of carboxylic acid groups (broad SMARTS) is 2. The molecule has 0 aromatic heterocycles. The van der Waals surface area contributed by atoms with Crippen LogP contribution in [0.15, 0.2) is 60.7 Å². The SMILES string of the molecule is N[C@H]1CCCN2c3ccccc3Cc3ccccc3[C@@H]12.O=C(O)/C=C\C(=O)O. The molecule has 28 heavy (non-hydrogen) atoms. The van der Waals surface area contributed by atoms with Crippen molar-refractivity contribution in [2.45, 2.75) is 31.3 Å². The Morgan fingerprint density at radius 2 is 1.57 bits per heavy atom. The van der Waals surface area contributed by atoms with Gasteiger partial charge in [-0.1, -0.05) is 42.5 Å². The van der Waals surface area contributed by atoms with Crippen LogP contribution in [0.4, 0.5) is 5.69 Å². The first kappa shape index (κ1) is 19.6. The van der Waals surface area contributed by atoms with Crippen LogP contribution < -0.4 is 10.6 Å². The Bertz CT molecular complexity index is 878. The number of aliphatic carboxylic acids is 2. The molecule has 2 aromatic rings. The van der Waals surface area contributed by atoms with Crippen LogP contribution in [0.5, 0.6) is 0 Å². The van der Waals surface area contributed by atoms with E-state index in [4.69, 9.17) is 15.9 Å². The molecule has 2 aromatic carbocycles. The van der Waals surface area contributed by atoms with Gasteiger partial charge in [0, 0.05) is 30.4 Å². The van der Waals surface area contributed by atoms with Crippen molar-refractivity contribution in [3.8, 4) is 0 Å². The molecule has 0 bridgehead atoms. The number of benzene rings is 2. The average Bonchev–Trinajstić information content (AvgIpc) is 2.82. The summed E-state index contributed by atoms with van der Waals surface area (Å²) in [6, 6.07) is 18.2. The lowest BCUT2D eigenvalue weighted by atomic mass is 9.88. The Balaban J connectivity index is 0.000000242. The molecule has 146 valence electrons. The number of carbonyl (C=O) groups is 2. The number of para-hydroxylation sites is 1. The third-order valence-corrected chi connectivity index (χ3v) is 5.10. The molecular formula is C22H24N2O4. The van der Waals surface area contributed by atoms with Gasteiger partial charge in [-0.3, -0.25) is 0 Å². The van der Waals surface area contributed by atoms with Gasteiger partial charge in [0.2, 0.25) is 0 Å². The van der Waals surface area contributed by atoms with Gasteiger partial charge in [0.25, 0.3) is 0 Å². The topological polar surface area (TPSA) is 104 Å². The van der Waals surface area contributed by atoms with Crippen LogP contribution in [-0.4, -0.2) is 34.7 Å². The zero-order valence-corrected chi connectivity index (χ0v) is 15.5. The molecule has 4 rings (SSSR count). The summed E-state index contributed by atoms with van der Waals surface area (Å²) in [5, 5.41) is 15.6. The number of hydrogen-bond donors (Lipinski definition) is 3. The van der Waals surface area contributed by atoms with Crippen molar-refractivity contribution < 1.29 is 19.8 Å². The lowest BCUT2D eigenvalue weighted by Gasteiger charge is -2.41. The van der Waals surface area contributed by atoms with E-state index in [0.29, 0.717) is 18.2 Å². The number of nitrogens with zero attached hydrogens (tertiary/aromatic N) is 1. The van der Waals surface area contributed by atoms with E-state index in [1.54, 1.807) is 0 Å². The monoisotopic (exact) mass is 380 g/mol. The summed E-state index contributed by atoms with van der Waals surface area (Å²) in [5.74, 6) is -2.51. The fraction of sp³-hybridized carbons (Fsp3) is 0.273. The first-order chi connectivity index (χ1) is 13.5. The number of anilines is 1. The molecule has 0 aliphatic carbocycles. The third-order valence-electron chi connectivity index (χ3n) is 5.10. The highest BCUT2D eigenvalue weighted by Crippen LogP contribution is 2.41. The van der Waals surface area contributed by atoms with Gasteiger partial charge in [-0.15, -0.1) is 0 Å². The Hall–Kier alpha value is -3.12. The van der Waals surface area contributed by atoms with Gasteiger partial charge in [0.1, 0.15) is 0 Å². The number of fused-ring (bicyclic) bond motifs is 5. The van der Waals surface area contributed by atoms with Gasteiger partial charge in [0.15, 0.2) is 0 Å². The van der Waals surface area contributed by atoms with E-state index in [-0.39, 0.29) is 6.04 Å². The Morgan fingerprint density at radius 1 is 0.964 bits per heavy atom. The van der Waals surface area contributed by atoms with Crippen molar-refractivity contribution in [3.63, 3.8) is 0 Å². The highest BCUT2D eigenvalue weighted by atomic mass is 16.4. The maximum absolute atomic E-state index is 9.55. The van der Waals surface area contributed by atoms with E-state index < -0.39 is 11.9 Å². The van der Waals surface area contributed by atoms with Crippen molar-refractivity contribution in [3.05, 3.63) is 77.4 Å². The van der Waals surface area contributed by atoms with Crippen LogP contribution in [0.2, 0.25) is 0 Å². The van der Waals surface area contributed by atoms with Gasteiger partial charge in [-0.05, 0) is 42.0 Å². The highest BCUT2D eigenvalue weighted by Gasteiger charge is 2.34. The summed E-state index contributed by atoms with van der Waals surface area (Å²) in [4.78, 5) is 21.6. The maximum Gasteiger partial charge on any atom is 0.328 e. The molecule has 2 heterocycles. The first-order valence-corrected chi connectivity index (χ1v) is 9.29. The van der Waals surface area contributed by atoms with Gasteiger partial charge < -0.3 is 20.8 Å². The summed E-state index contributed by atoms with van der Waals surface area (Å²) in [7, 11) is 0. The fourth-order valence-electron chi connectivity index (χ4n) is 3.97. The van der Waals surface area contributed by atoms with Crippen molar-refractivity contribution in [2.75, 3.05) is 11.4 Å². The molecule has 0 radical (unpaired) electrons. The predicted octanol–water partition coefficient (Wildman–Crippen LogP) is 2.97. The minimum absolute atomic E-state index is 0.232. The summed E-state index contributed by atoms with van der Waals surface area (Å²) < 4.78 is 0. The van der Waals surface area contributed by atoms with Crippen molar-refractivity contribution in [2.24, 2.45) is 5.73 Å². The zero-order valence-electron chi connectivity index (χ0n) is 15.5. The molecule has 2 aliphatic rings. The van der Waals surface area contributed by atoms with E-state index in [9.17, 15) is 9.59 Å². The van der Waals surface area contributed by atoms with E-state index in [1.165, 1.54) is 28.8 Å². The molecule has 0 unspecified atom stereocenters.